The van der Waals surface area contributed by atoms with Crippen LogP contribution in [-0.4, -0.2) is 85.5 Å². The number of rotatable bonds is 8. The minimum atomic E-state index is -0.250. The van der Waals surface area contributed by atoms with Gasteiger partial charge in [0.05, 0.1) is 12.7 Å². The van der Waals surface area contributed by atoms with Crippen LogP contribution in [0.15, 0.2) is 24.3 Å². The lowest BCUT2D eigenvalue weighted by atomic mass is 9.76. The van der Waals surface area contributed by atoms with Crippen LogP contribution in [0.2, 0.25) is 0 Å². The van der Waals surface area contributed by atoms with E-state index < -0.39 is 0 Å². The molecule has 0 unspecified atom stereocenters. The number of carboxylic acid groups (broad SMARTS) is 2. The van der Waals surface area contributed by atoms with E-state index in [4.69, 9.17) is 29.3 Å². The topological polar surface area (TPSA) is 99.5 Å². The number of hydrogen-bond donors (Lipinski definition) is 2. The second-order valence-electron chi connectivity index (χ2n) is 9.72. The van der Waals surface area contributed by atoms with Crippen molar-refractivity contribution >= 4 is 12.9 Å². The third kappa shape index (κ3) is 9.43. The van der Waals surface area contributed by atoms with Crippen LogP contribution in [0.3, 0.4) is 0 Å². The molecule has 1 aromatic rings. The lowest BCUT2D eigenvalue weighted by molar-refractivity contribution is -0.123. The highest BCUT2D eigenvalue weighted by molar-refractivity contribution is 5.33. The van der Waals surface area contributed by atoms with E-state index in [-0.39, 0.29) is 12.9 Å². The Morgan fingerprint density at radius 3 is 2.34 bits per heavy atom. The minimum Gasteiger partial charge on any atom is -0.493 e. The third-order valence-electron chi connectivity index (χ3n) is 7.49. The first-order valence-electron chi connectivity index (χ1n) is 13.0. The van der Waals surface area contributed by atoms with Crippen molar-refractivity contribution in [3.8, 4) is 5.75 Å². The molecular weight excluding hydrogens is 448 g/mol. The summed E-state index contributed by atoms with van der Waals surface area (Å²) >= 11 is 0. The van der Waals surface area contributed by atoms with E-state index in [2.05, 4.69) is 34.1 Å². The molecule has 2 saturated heterocycles. The average molecular weight is 493 g/mol. The van der Waals surface area contributed by atoms with Crippen LogP contribution < -0.4 is 4.74 Å². The minimum absolute atomic E-state index is 0.250. The van der Waals surface area contributed by atoms with E-state index in [0.29, 0.717) is 11.5 Å². The molecule has 1 spiro atoms. The van der Waals surface area contributed by atoms with Gasteiger partial charge in [0.2, 0.25) is 0 Å². The predicted molar refractivity (Wildman–Crippen MR) is 136 cm³/mol. The molecule has 2 heterocycles. The Bertz CT molecular complexity index is 721. The number of benzene rings is 1. The van der Waals surface area contributed by atoms with Gasteiger partial charge in [0.15, 0.2) is 0 Å². The highest BCUT2D eigenvalue weighted by Crippen LogP contribution is 2.46. The molecule has 198 valence electrons. The molecule has 8 heteroatoms. The summed E-state index contributed by atoms with van der Waals surface area (Å²) in [5.74, 6) is 1.08. The van der Waals surface area contributed by atoms with Crippen LogP contribution in [0.1, 0.15) is 63.4 Å². The van der Waals surface area contributed by atoms with E-state index in [9.17, 15) is 0 Å². The maximum Gasteiger partial charge on any atom is 0.290 e. The zero-order chi connectivity index (χ0) is 25.4. The first-order chi connectivity index (χ1) is 17.1. The molecule has 4 rings (SSSR count). The van der Waals surface area contributed by atoms with E-state index in [0.717, 1.165) is 25.3 Å². The fourth-order valence-electron chi connectivity index (χ4n) is 6.00. The predicted octanol–water partition coefficient (Wildman–Crippen LogP) is 4.12. The van der Waals surface area contributed by atoms with Gasteiger partial charge in [0.25, 0.3) is 12.9 Å². The van der Waals surface area contributed by atoms with E-state index in [1.165, 1.54) is 89.7 Å². The molecule has 0 aromatic heterocycles. The van der Waals surface area contributed by atoms with Crippen molar-refractivity contribution in [3.05, 3.63) is 29.8 Å². The molecule has 2 N–H and O–H groups in total. The molecule has 0 radical (unpaired) electrons. The monoisotopic (exact) mass is 492 g/mol. The fourth-order valence-corrected chi connectivity index (χ4v) is 6.00. The van der Waals surface area contributed by atoms with Gasteiger partial charge in [-0.25, -0.2) is 0 Å². The van der Waals surface area contributed by atoms with Gasteiger partial charge in [-0.15, -0.1) is 0 Å². The van der Waals surface area contributed by atoms with Crippen molar-refractivity contribution in [2.24, 2.45) is 5.41 Å². The van der Waals surface area contributed by atoms with Gasteiger partial charge in [-0.05, 0) is 70.6 Å². The number of ether oxygens (including phenoxy) is 2. The summed E-state index contributed by atoms with van der Waals surface area (Å²) in [6, 6.07) is 8.68. The molecule has 1 saturated carbocycles. The molecule has 1 aliphatic carbocycles. The van der Waals surface area contributed by atoms with Crippen molar-refractivity contribution in [2.45, 2.75) is 70.4 Å². The Morgan fingerprint density at radius 2 is 1.63 bits per heavy atom. The fraction of sp³-hybridized carbons (Fsp3) is 0.704. The van der Waals surface area contributed by atoms with Crippen molar-refractivity contribution < 1.29 is 29.3 Å². The van der Waals surface area contributed by atoms with Gasteiger partial charge in [0.1, 0.15) is 5.75 Å². The third-order valence-corrected chi connectivity index (χ3v) is 7.49. The summed E-state index contributed by atoms with van der Waals surface area (Å²) < 4.78 is 12.1. The van der Waals surface area contributed by atoms with Crippen molar-refractivity contribution in [1.82, 2.24) is 9.80 Å². The molecular formula is C27H44N2O6. The number of piperidine rings is 2. The lowest BCUT2D eigenvalue weighted by Gasteiger charge is -2.43. The zero-order valence-corrected chi connectivity index (χ0v) is 21.3. The lowest BCUT2D eigenvalue weighted by Crippen LogP contribution is -2.47. The maximum atomic E-state index is 8.36. The number of hydrogen-bond acceptors (Lipinski definition) is 6. The van der Waals surface area contributed by atoms with Gasteiger partial charge in [-0.2, -0.15) is 0 Å². The summed E-state index contributed by atoms with van der Waals surface area (Å²) in [6.07, 6.45) is 12.2. The molecule has 2 aliphatic heterocycles. The molecule has 3 fully saturated rings. The highest BCUT2D eigenvalue weighted by atomic mass is 16.5. The number of likely N-dealkylation sites (tertiary alicyclic amines) is 2. The van der Waals surface area contributed by atoms with Gasteiger partial charge >= 0.3 is 0 Å². The molecule has 8 nitrogen and oxygen atoms in total. The Balaban J connectivity index is 0.000000655. The van der Waals surface area contributed by atoms with Gasteiger partial charge in [0, 0.05) is 37.7 Å². The highest BCUT2D eigenvalue weighted by Gasteiger charge is 2.45. The van der Waals surface area contributed by atoms with Crippen LogP contribution in [0.4, 0.5) is 0 Å². The largest absolute Gasteiger partial charge is 0.493 e. The van der Waals surface area contributed by atoms with Crippen LogP contribution in [0, 0.1) is 5.41 Å². The van der Waals surface area contributed by atoms with Gasteiger partial charge in [-0.3, -0.25) is 14.5 Å². The summed E-state index contributed by atoms with van der Waals surface area (Å²) in [6.45, 7) is 7.42. The van der Waals surface area contributed by atoms with E-state index in [1.54, 1.807) is 0 Å². The molecule has 2 atom stereocenters. The second kappa shape index (κ2) is 16.5. The Morgan fingerprint density at radius 1 is 0.971 bits per heavy atom. The number of carbonyl (C=O) groups is 2. The van der Waals surface area contributed by atoms with E-state index >= 15 is 0 Å². The van der Waals surface area contributed by atoms with Crippen LogP contribution in [0.25, 0.3) is 0 Å². The molecule has 0 amide bonds. The number of methoxy groups -OCH3 is 1. The molecule has 35 heavy (non-hydrogen) atoms. The van der Waals surface area contributed by atoms with Crippen molar-refractivity contribution in [2.75, 3.05) is 46.4 Å². The average Bonchev–Trinajstić information content (AvgIpc) is 3.25. The zero-order valence-electron chi connectivity index (χ0n) is 21.3. The Hall–Kier alpha value is -2.16. The Labute approximate surface area is 210 Å². The Kier molecular flexibility index (Phi) is 13.7. The molecule has 0 bridgehead atoms. The van der Waals surface area contributed by atoms with Crippen molar-refractivity contribution in [3.63, 3.8) is 0 Å². The summed E-state index contributed by atoms with van der Waals surface area (Å²) in [7, 11) is 1.91. The van der Waals surface area contributed by atoms with E-state index in [1.807, 2.05) is 7.11 Å². The quantitative estimate of drug-likeness (QED) is 0.413. The molecule has 1 aromatic carbocycles. The maximum absolute atomic E-state index is 8.36. The van der Waals surface area contributed by atoms with Crippen LogP contribution in [0.5, 0.6) is 5.75 Å². The SMILES string of the molecule is CO[C@@H]1CCC[C@@]12CCCN(Cc1ccccc1OCCCN1CCCCC1)C2.O=CO.O=CO. The normalized spacial score (nSPS) is 24.5. The van der Waals surface area contributed by atoms with Crippen molar-refractivity contribution in [1.29, 1.82) is 0 Å². The summed E-state index contributed by atoms with van der Waals surface area (Å²) in [5.41, 5.74) is 1.73. The standard InChI is InChI=1S/C25H40N2O2.2CH2O2/c1-28-24-12-7-13-25(24)14-8-17-27(21-25)20-22-10-3-4-11-23(22)29-19-9-18-26-15-5-2-6-16-26;2*2-1-3/h3-4,10-11,24H,2,5-9,12-21H2,1H3;2*1H,(H,2,3)/t24-,25+;;/m1../s1. The van der Waals surface area contributed by atoms with Gasteiger partial charge < -0.3 is 24.6 Å². The van der Waals surface area contributed by atoms with Crippen LogP contribution in [-0.2, 0) is 20.9 Å². The van der Waals surface area contributed by atoms with Gasteiger partial charge in [-0.1, -0.05) is 31.0 Å². The first kappa shape index (κ1) is 29.1. The molecule has 3 aliphatic rings. The number of nitrogens with zero attached hydrogens (tertiary/aromatic N) is 2. The first-order valence-corrected chi connectivity index (χ1v) is 13.0. The smallest absolute Gasteiger partial charge is 0.290 e. The van der Waals surface area contributed by atoms with Crippen LogP contribution >= 0.6 is 0 Å². The summed E-state index contributed by atoms with van der Waals surface area (Å²) in [5, 5.41) is 13.8. The second-order valence-corrected chi connectivity index (χ2v) is 9.72. The summed E-state index contributed by atoms with van der Waals surface area (Å²) in [4.78, 5) is 22.0. The number of para-hydroxylation sites is 1.